The minimum Gasteiger partial charge on any atom is -0.374 e. The predicted molar refractivity (Wildman–Crippen MR) is 50.0 cm³/mol. The summed E-state index contributed by atoms with van der Waals surface area (Å²) in [5.74, 6) is -6.53. The molecule has 0 atom stereocenters. The Kier molecular flexibility index (Phi) is 2.94. The lowest BCUT2D eigenvalue weighted by molar-refractivity contribution is 0.410. The Labute approximate surface area is 92.7 Å². The van der Waals surface area contributed by atoms with E-state index in [4.69, 9.17) is 0 Å². The highest BCUT2D eigenvalue weighted by molar-refractivity contribution is 5.45. The summed E-state index contributed by atoms with van der Waals surface area (Å²) in [6.45, 7) is -0.0588. The summed E-state index contributed by atoms with van der Waals surface area (Å²) in [5.41, 5.74) is -0.397. The molecule has 0 fully saturated rings. The van der Waals surface area contributed by atoms with Crippen LogP contribution in [0.1, 0.15) is 5.69 Å². The van der Waals surface area contributed by atoms with Crippen molar-refractivity contribution in [1.29, 1.82) is 0 Å². The largest absolute Gasteiger partial charge is 0.374 e. The van der Waals surface area contributed by atoms with Crippen molar-refractivity contribution in [3.63, 3.8) is 0 Å². The third-order valence-electron chi connectivity index (χ3n) is 2.01. The van der Waals surface area contributed by atoms with Gasteiger partial charge in [-0.1, -0.05) is 0 Å². The lowest BCUT2D eigenvalue weighted by atomic mass is 10.3. The molecule has 0 radical (unpaired) electrons. The van der Waals surface area contributed by atoms with Gasteiger partial charge in [0.2, 0.25) is 11.6 Å². The van der Waals surface area contributed by atoms with Gasteiger partial charge in [-0.3, -0.25) is 0 Å². The van der Waals surface area contributed by atoms with E-state index < -0.39 is 29.2 Å². The molecule has 0 aliphatic rings. The molecule has 0 unspecified atom stereocenters. The molecule has 0 spiro atoms. The van der Waals surface area contributed by atoms with Crippen LogP contribution in [0, 0.1) is 23.5 Å². The van der Waals surface area contributed by atoms with Crippen molar-refractivity contribution < 1.29 is 17.6 Å². The second-order valence-corrected chi connectivity index (χ2v) is 3.13. The van der Waals surface area contributed by atoms with Gasteiger partial charge in [-0.05, 0) is 0 Å². The summed E-state index contributed by atoms with van der Waals surface area (Å²) < 4.78 is 51.7. The summed E-state index contributed by atoms with van der Waals surface area (Å²) >= 11 is 0. The minimum absolute atomic E-state index is 0.0588. The van der Waals surface area contributed by atoms with Gasteiger partial charge in [0, 0.05) is 6.20 Å². The highest BCUT2D eigenvalue weighted by atomic mass is 19.2. The molecule has 2 heterocycles. The number of anilines is 1. The Hall–Kier alpha value is -2.12. The first-order valence-electron chi connectivity index (χ1n) is 4.50. The SMILES string of the molecule is Fc1nc(F)c(F)c(NCc2cnc[nH]2)c1F. The van der Waals surface area contributed by atoms with Gasteiger partial charge >= 0.3 is 0 Å². The van der Waals surface area contributed by atoms with E-state index in [1.165, 1.54) is 12.5 Å². The number of nitrogens with one attached hydrogen (secondary N) is 2. The number of H-pyrrole nitrogens is 1. The fourth-order valence-electron chi connectivity index (χ4n) is 1.21. The predicted octanol–water partition coefficient (Wildman–Crippen LogP) is 1.97. The average molecular weight is 246 g/mol. The van der Waals surface area contributed by atoms with Crippen LogP contribution in [0.2, 0.25) is 0 Å². The summed E-state index contributed by atoms with van der Waals surface area (Å²) in [7, 11) is 0. The van der Waals surface area contributed by atoms with Gasteiger partial charge in [0.25, 0.3) is 11.9 Å². The summed E-state index contributed by atoms with van der Waals surface area (Å²) in [4.78, 5) is 8.76. The monoisotopic (exact) mass is 246 g/mol. The van der Waals surface area contributed by atoms with E-state index >= 15 is 0 Å². The van der Waals surface area contributed by atoms with Gasteiger partial charge in [0.1, 0.15) is 5.69 Å². The number of hydrogen-bond acceptors (Lipinski definition) is 3. The van der Waals surface area contributed by atoms with Crippen LogP contribution in [0.15, 0.2) is 12.5 Å². The Bertz CT molecular complexity index is 500. The number of aromatic nitrogens is 3. The number of nitrogens with zero attached hydrogens (tertiary/aromatic N) is 2. The standard InChI is InChI=1S/C9H6F4N4/c10-5-7(6(11)9(13)17-8(5)12)15-2-4-1-14-3-16-4/h1,3H,2H2,(H,14,16)(H,15,17). The topological polar surface area (TPSA) is 53.6 Å². The second-order valence-electron chi connectivity index (χ2n) is 3.13. The highest BCUT2D eigenvalue weighted by Crippen LogP contribution is 2.22. The fraction of sp³-hybridized carbons (Fsp3) is 0.111. The van der Waals surface area contributed by atoms with Crippen LogP contribution in [0.5, 0.6) is 0 Å². The maximum absolute atomic E-state index is 13.1. The second kappa shape index (κ2) is 4.40. The van der Waals surface area contributed by atoms with E-state index in [0.29, 0.717) is 5.69 Å². The van der Waals surface area contributed by atoms with Crippen LogP contribution in [0.25, 0.3) is 0 Å². The molecule has 0 aliphatic carbocycles. The zero-order chi connectivity index (χ0) is 12.4. The molecule has 0 aliphatic heterocycles. The van der Waals surface area contributed by atoms with Crippen molar-refractivity contribution >= 4 is 5.69 Å². The van der Waals surface area contributed by atoms with Crippen LogP contribution < -0.4 is 5.32 Å². The van der Waals surface area contributed by atoms with Crippen LogP contribution in [-0.4, -0.2) is 15.0 Å². The maximum Gasteiger partial charge on any atom is 0.253 e. The number of hydrogen-bond donors (Lipinski definition) is 2. The van der Waals surface area contributed by atoms with E-state index in [1.54, 1.807) is 0 Å². The molecule has 0 aromatic carbocycles. The molecule has 2 aromatic rings. The Morgan fingerprint density at radius 3 is 2.29 bits per heavy atom. The zero-order valence-corrected chi connectivity index (χ0v) is 8.27. The van der Waals surface area contributed by atoms with Crippen molar-refractivity contribution in [2.45, 2.75) is 6.54 Å². The summed E-state index contributed by atoms with van der Waals surface area (Å²) in [6.07, 6.45) is 2.76. The molecule has 2 N–H and O–H groups in total. The lowest BCUT2D eigenvalue weighted by Gasteiger charge is -2.07. The van der Waals surface area contributed by atoms with Gasteiger partial charge in [-0.2, -0.15) is 22.5 Å². The third kappa shape index (κ3) is 2.19. The van der Waals surface area contributed by atoms with E-state index in [2.05, 4.69) is 20.3 Å². The maximum atomic E-state index is 13.1. The number of halogens is 4. The molecule has 2 aromatic heterocycles. The highest BCUT2D eigenvalue weighted by Gasteiger charge is 2.20. The molecule has 17 heavy (non-hydrogen) atoms. The van der Waals surface area contributed by atoms with Gasteiger partial charge in [0.15, 0.2) is 0 Å². The number of pyridine rings is 1. The molecular formula is C9H6F4N4. The number of rotatable bonds is 3. The number of aromatic amines is 1. The van der Waals surface area contributed by atoms with E-state index in [0.717, 1.165) is 0 Å². The first-order valence-corrected chi connectivity index (χ1v) is 4.50. The van der Waals surface area contributed by atoms with E-state index in [9.17, 15) is 17.6 Å². The van der Waals surface area contributed by atoms with Gasteiger partial charge in [0.05, 0.1) is 18.6 Å². The molecule has 4 nitrogen and oxygen atoms in total. The number of imidazole rings is 1. The minimum atomic E-state index is -1.70. The molecule has 0 saturated heterocycles. The first-order chi connectivity index (χ1) is 8.09. The van der Waals surface area contributed by atoms with E-state index in [1.807, 2.05) is 0 Å². The van der Waals surface area contributed by atoms with Crippen molar-refractivity contribution in [3.05, 3.63) is 41.7 Å². The molecule has 90 valence electrons. The first kappa shape index (κ1) is 11.4. The molecule has 2 rings (SSSR count). The quantitative estimate of drug-likeness (QED) is 0.643. The normalized spacial score (nSPS) is 10.6. The summed E-state index contributed by atoms with van der Waals surface area (Å²) in [6, 6.07) is 0. The third-order valence-corrected chi connectivity index (χ3v) is 2.01. The van der Waals surface area contributed by atoms with Crippen molar-refractivity contribution in [2.24, 2.45) is 0 Å². The zero-order valence-electron chi connectivity index (χ0n) is 8.27. The van der Waals surface area contributed by atoms with Crippen molar-refractivity contribution in [3.8, 4) is 0 Å². The van der Waals surface area contributed by atoms with Crippen molar-refractivity contribution in [2.75, 3.05) is 5.32 Å². The lowest BCUT2D eigenvalue weighted by Crippen LogP contribution is -2.09. The van der Waals surface area contributed by atoms with Crippen LogP contribution in [-0.2, 0) is 6.54 Å². The Balaban J connectivity index is 2.26. The molecule has 0 saturated carbocycles. The van der Waals surface area contributed by atoms with Crippen LogP contribution in [0.4, 0.5) is 23.2 Å². The van der Waals surface area contributed by atoms with E-state index in [-0.39, 0.29) is 6.54 Å². The Morgan fingerprint density at radius 1 is 1.12 bits per heavy atom. The Morgan fingerprint density at radius 2 is 1.76 bits per heavy atom. The van der Waals surface area contributed by atoms with Gasteiger partial charge in [-0.25, -0.2) is 4.98 Å². The van der Waals surface area contributed by atoms with Crippen LogP contribution in [0.3, 0.4) is 0 Å². The molecular weight excluding hydrogens is 240 g/mol. The smallest absolute Gasteiger partial charge is 0.253 e. The fourth-order valence-corrected chi connectivity index (χ4v) is 1.21. The van der Waals surface area contributed by atoms with Gasteiger partial charge < -0.3 is 10.3 Å². The summed E-state index contributed by atoms with van der Waals surface area (Å²) in [5, 5.41) is 2.22. The van der Waals surface area contributed by atoms with Gasteiger partial charge in [-0.15, -0.1) is 0 Å². The molecule has 0 amide bonds. The average Bonchev–Trinajstić information content (AvgIpc) is 2.79. The van der Waals surface area contributed by atoms with Crippen molar-refractivity contribution in [1.82, 2.24) is 15.0 Å². The van der Waals surface area contributed by atoms with Crippen LogP contribution >= 0.6 is 0 Å². The molecule has 0 bridgehead atoms. The molecule has 8 heteroatoms.